The second-order valence-corrected chi connectivity index (χ2v) is 7.95. The van der Waals surface area contributed by atoms with Crippen LogP contribution < -0.4 is 21.4 Å². The zero-order valence-corrected chi connectivity index (χ0v) is 19.1. The van der Waals surface area contributed by atoms with Crippen LogP contribution in [0, 0.1) is 0 Å². The Hall–Kier alpha value is -3.41. The molecule has 2 aromatic rings. The van der Waals surface area contributed by atoms with E-state index in [1.54, 1.807) is 12.1 Å². The van der Waals surface area contributed by atoms with E-state index < -0.39 is 31.3 Å². The standard InChI is InChI=1S/C23H28BN3O7/c1-13(28)32-14(2)33-23(30)19-5-3-4-16-10-20(24(31)34-22(16)19)27-21(29)9-15-6-7-17(11-25)18(8-15)12-26/h3-8,14,20,31H,9-12,25-26H2,1-2H3,(H,27,29)/t14?,20-/m0/s1. The highest BCUT2D eigenvalue weighted by molar-refractivity contribution is 6.47. The lowest BCUT2D eigenvalue weighted by atomic mass is 9.72. The molecule has 0 saturated carbocycles. The number of nitrogens with two attached hydrogens (primary N) is 2. The van der Waals surface area contributed by atoms with E-state index in [0.717, 1.165) is 16.7 Å². The van der Waals surface area contributed by atoms with Gasteiger partial charge in [-0.25, -0.2) is 4.79 Å². The second kappa shape index (κ2) is 11.1. The molecule has 180 valence electrons. The molecule has 0 spiro atoms. The Morgan fingerprint density at radius 3 is 2.59 bits per heavy atom. The normalized spacial score (nSPS) is 15.6. The minimum absolute atomic E-state index is 0.0784. The quantitative estimate of drug-likeness (QED) is 0.243. The first-order valence-electron chi connectivity index (χ1n) is 10.9. The van der Waals surface area contributed by atoms with Crippen molar-refractivity contribution in [3.05, 3.63) is 64.2 Å². The molecule has 2 atom stereocenters. The minimum Gasteiger partial charge on any atom is -0.534 e. The molecule has 1 heterocycles. The van der Waals surface area contributed by atoms with Crippen LogP contribution in [0.2, 0.25) is 0 Å². The number of ether oxygens (including phenoxy) is 2. The largest absolute Gasteiger partial charge is 0.547 e. The van der Waals surface area contributed by atoms with Gasteiger partial charge in [0.05, 0.1) is 12.4 Å². The van der Waals surface area contributed by atoms with Crippen molar-refractivity contribution in [2.75, 3.05) is 0 Å². The van der Waals surface area contributed by atoms with Gasteiger partial charge in [-0.15, -0.1) is 0 Å². The summed E-state index contributed by atoms with van der Waals surface area (Å²) in [5.41, 5.74) is 14.7. The van der Waals surface area contributed by atoms with Crippen molar-refractivity contribution in [3.63, 3.8) is 0 Å². The molecule has 0 aliphatic carbocycles. The van der Waals surface area contributed by atoms with E-state index in [4.69, 9.17) is 25.6 Å². The average Bonchev–Trinajstić information content (AvgIpc) is 2.78. The Labute approximate surface area is 197 Å². The van der Waals surface area contributed by atoms with Gasteiger partial charge in [0.15, 0.2) is 0 Å². The van der Waals surface area contributed by atoms with Crippen LogP contribution in [0.25, 0.3) is 0 Å². The van der Waals surface area contributed by atoms with Crippen LogP contribution in [-0.2, 0) is 45.0 Å². The molecule has 0 aromatic heterocycles. The first kappa shape index (κ1) is 25.2. The van der Waals surface area contributed by atoms with E-state index in [0.29, 0.717) is 18.7 Å². The first-order chi connectivity index (χ1) is 16.2. The Bertz CT molecular complexity index is 1080. The Morgan fingerprint density at radius 1 is 1.18 bits per heavy atom. The lowest BCUT2D eigenvalue weighted by molar-refractivity contribution is -0.162. The summed E-state index contributed by atoms with van der Waals surface area (Å²) in [5.74, 6) is -2.22. The van der Waals surface area contributed by atoms with Crippen molar-refractivity contribution < 1.29 is 33.5 Å². The maximum absolute atomic E-state index is 12.6. The van der Waals surface area contributed by atoms with Crippen LogP contribution in [0.15, 0.2) is 36.4 Å². The van der Waals surface area contributed by atoms with E-state index >= 15 is 0 Å². The number of esters is 2. The van der Waals surface area contributed by atoms with Crippen molar-refractivity contribution in [2.24, 2.45) is 11.5 Å². The van der Waals surface area contributed by atoms with Crippen LogP contribution >= 0.6 is 0 Å². The molecule has 0 fully saturated rings. The van der Waals surface area contributed by atoms with Gasteiger partial charge in [-0.05, 0) is 34.7 Å². The Morgan fingerprint density at radius 2 is 1.91 bits per heavy atom. The maximum atomic E-state index is 12.6. The molecule has 0 saturated heterocycles. The fourth-order valence-corrected chi connectivity index (χ4v) is 3.80. The molecule has 1 aliphatic rings. The zero-order chi connectivity index (χ0) is 24.8. The van der Waals surface area contributed by atoms with Crippen molar-refractivity contribution in [2.45, 2.75) is 52.0 Å². The van der Waals surface area contributed by atoms with Gasteiger partial charge in [-0.1, -0.05) is 30.3 Å². The molecule has 6 N–H and O–H groups in total. The second-order valence-electron chi connectivity index (χ2n) is 7.95. The van der Waals surface area contributed by atoms with Gasteiger partial charge in [0, 0.05) is 26.9 Å². The van der Waals surface area contributed by atoms with Crippen molar-refractivity contribution >= 4 is 25.0 Å². The summed E-state index contributed by atoms with van der Waals surface area (Å²) in [5, 5.41) is 13.3. The lowest BCUT2D eigenvalue weighted by Gasteiger charge is -2.29. The summed E-state index contributed by atoms with van der Waals surface area (Å²) in [6.07, 6.45) is -0.753. The number of para-hydroxylation sites is 1. The number of hydrogen-bond acceptors (Lipinski definition) is 9. The van der Waals surface area contributed by atoms with Gasteiger partial charge in [0.1, 0.15) is 11.3 Å². The summed E-state index contributed by atoms with van der Waals surface area (Å²) in [7, 11) is -1.38. The lowest BCUT2D eigenvalue weighted by Crippen LogP contribution is -2.53. The van der Waals surface area contributed by atoms with E-state index in [2.05, 4.69) is 5.32 Å². The molecule has 1 aliphatic heterocycles. The third-order valence-electron chi connectivity index (χ3n) is 5.37. The smallest absolute Gasteiger partial charge is 0.534 e. The van der Waals surface area contributed by atoms with Crippen LogP contribution in [0.3, 0.4) is 0 Å². The molecule has 3 rings (SSSR count). The maximum Gasteiger partial charge on any atom is 0.547 e. The van der Waals surface area contributed by atoms with Crippen LogP contribution in [0.1, 0.15) is 46.5 Å². The van der Waals surface area contributed by atoms with E-state index in [1.165, 1.54) is 19.9 Å². The summed E-state index contributed by atoms with van der Waals surface area (Å²) >= 11 is 0. The zero-order valence-electron chi connectivity index (χ0n) is 19.1. The van der Waals surface area contributed by atoms with Gasteiger partial charge in [-0.3, -0.25) is 9.59 Å². The number of amides is 1. The van der Waals surface area contributed by atoms with E-state index in [1.807, 2.05) is 18.2 Å². The highest BCUT2D eigenvalue weighted by Crippen LogP contribution is 2.31. The van der Waals surface area contributed by atoms with Gasteiger partial charge in [-0.2, -0.15) is 0 Å². The van der Waals surface area contributed by atoms with Crippen LogP contribution in [-0.4, -0.2) is 42.2 Å². The summed E-state index contributed by atoms with van der Waals surface area (Å²) in [6, 6.07) is 10.4. The average molecular weight is 469 g/mol. The molecule has 11 heteroatoms. The summed E-state index contributed by atoms with van der Waals surface area (Å²) in [6.45, 7) is 3.30. The van der Waals surface area contributed by atoms with Crippen molar-refractivity contribution in [1.82, 2.24) is 5.32 Å². The monoisotopic (exact) mass is 469 g/mol. The van der Waals surface area contributed by atoms with Gasteiger partial charge >= 0.3 is 19.1 Å². The van der Waals surface area contributed by atoms with Crippen LogP contribution in [0.5, 0.6) is 5.75 Å². The van der Waals surface area contributed by atoms with Gasteiger partial charge < -0.3 is 35.9 Å². The summed E-state index contributed by atoms with van der Waals surface area (Å²) in [4.78, 5) is 36.2. The molecular formula is C23H28BN3O7. The number of carbonyl (C=O) groups excluding carboxylic acids is 3. The highest BCUT2D eigenvalue weighted by Gasteiger charge is 2.38. The molecule has 1 unspecified atom stereocenters. The van der Waals surface area contributed by atoms with Crippen LogP contribution in [0.4, 0.5) is 0 Å². The number of rotatable bonds is 8. The Balaban J connectivity index is 1.67. The molecular weight excluding hydrogens is 441 g/mol. The number of nitrogens with one attached hydrogen (secondary N) is 1. The third-order valence-corrected chi connectivity index (χ3v) is 5.37. The molecule has 1 amide bonds. The van der Waals surface area contributed by atoms with Crippen molar-refractivity contribution in [1.29, 1.82) is 0 Å². The van der Waals surface area contributed by atoms with Crippen molar-refractivity contribution in [3.8, 4) is 5.75 Å². The Kier molecular flexibility index (Phi) is 8.27. The number of carbonyl (C=O) groups is 3. The van der Waals surface area contributed by atoms with Gasteiger partial charge in [0.2, 0.25) is 12.2 Å². The highest BCUT2D eigenvalue weighted by atomic mass is 16.7. The first-order valence-corrected chi connectivity index (χ1v) is 10.9. The molecule has 10 nitrogen and oxygen atoms in total. The number of hydrogen-bond donors (Lipinski definition) is 4. The summed E-state index contributed by atoms with van der Waals surface area (Å²) < 4.78 is 15.5. The predicted octanol–water partition coefficient (Wildman–Crippen LogP) is 0.352. The van der Waals surface area contributed by atoms with E-state index in [9.17, 15) is 19.4 Å². The molecule has 2 aromatic carbocycles. The SMILES string of the molecule is CC(=O)OC(C)OC(=O)c1cccc2c1OB(O)[C@@H](NC(=O)Cc1ccc(CN)c(CN)c1)C2. The van der Waals surface area contributed by atoms with E-state index in [-0.39, 0.29) is 30.1 Å². The minimum atomic E-state index is -1.38. The predicted molar refractivity (Wildman–Crippen MR) is 123 cm³/mol. The molecule has 0 radical (unpaired) electrons. The number of fused-ring (bicyclic) bond motifs is 1. The van der Waals surface area contributed by atoms with Gasteiger partial charge in [0.25, 0.3) is 0 Å². The third kappa shape index (κ3) is 6.13. The fraction of sp³-hybridized carbons (Fsp3) is 0.348. The fourth-order valence-electron chi connectivity index (χ4n) is 3.80. The number of benzene rings is 2. The molecule has 34 heavy (non-hydrogen) atoms. The molecule has 0 bridgehead atoms. The topological polar surface area (TPSA) is 163 Å².